The third-order valence-corrected chi connectivity index (χ3v) is 5.48. The highest BCUT2D eigenvalue weighted by Gasteiger charge is 2.16. The number of alkyl halides is 2. The average molecular weight is 476 g/mol. The van der Waals surface area contributed by atoms with Crippen LogP contribution in [0.4, 0.5) is 8.78 Å². The highest BCUT2D eigenvalue weighted by atomic mass is 32.2. The Morgan fingerprint density at radius 1 is 1.06 bits per heavy atom. The highest BCUT2D eigenvalue weighted by Crippen LogP contribution is 2.29. The lowest BCUT2D eigenvalue weighted by molar-refractivity contribution is -0.119. The summed E-state index contributed by atoms with van der Waals surface area (Å²) < 4.78 is 39.6. The Morgan fingerprint density at radius 3 is 2.45 bits per heavy atom. The van der Waals surface area contributed by atoms with Crippen LogP contribution in [-0.2, 0) is 4.79 Å². The Labute approximate surface area is 194 Å². The zero-order valence-corrected chi connectivity index (χ0v) is 19.1. The minimum atomic E-state index is -2.88. The van der Waals surface area contributed by atoms with Crippen molar-refractivity contribution < 1.29 is 27.8 Å². The molecule has 0 aliphatic carbocycles. The molecule has 33 heavy (non-hydrogen) atoms. The fraction of sp³-hybridized carbons (Fsp3) is 0.261. The predicted octanol–water partition coefficient (Wildman–Crippen LogP) is 4.73. The molecule has 0 saturated heterocycles. The van der Waals surface area contributed by atoms with Crippen molar-refractivity contribution in [3.8, 4) is 28.5 Å². The number of rotatable bonds is 10. The molecule has 0 aliphatic rings. The standard InChI is InChI=1S/C23H23F2N3O4S/c1-14(18-12-17(30-2)8-9-20(18)31-3)27-21(29)13-33-23-26-11-10-19(28-23)15-4-6-16(7-5-15)32-22(24)25/h4-12,14,22H,13H2,1-3H3,(H,27,29)/t14-/m0/s1. The summed E-state index contributed by atoms with van der Waals surface area (Å²) in [6.07, 6.45) is 1.58. The van der Waals surface area contributed by atoms with Gasteiger partial charge in [-0.3, -0.25) is 4.79 Å². The minimum absolute atomic E-state index is 0.0656. The van der Waals surface area contributed by atoms with E-state index in [-0.39, 0.29) is 23.5 Å². The molecule has 1 amide bonds. The van der Waals surface area contributed by atoms with Crippen molar-refractivity contribution in [2.24, 2.45) is 0 Å². The number of methoxy groups -OCH3 is 2. The molecule has 10 heteroatoms. The number of halogens is 2. The van der Waals surface area contributed by atoms with Crippen molar-refractivity contribution in [3.63, 3.8) is 0 Å². The summed E-state index contributed by atoms with van der Waals surface area (Å²) in [6, 6.07) is 12.9. The van der Waals surface area contributed by atoms with Crippen LogP contribution in [0.2, 0.25) is 0 Å². The van der Waals surface area contributed by atoms with Crippen molar-refractivity contribution in [2.75, 3.05) is 20.0 Å². The van der Waals surface area contributed by atoms with Gasteiger partial charge in [-0.15, -0.1) is 0 Å². The highest BCUT2D eigenvalue weighted by molar-refractivity contribution is 7.99. The van der Waals surface area contributed by atoms with Gasteiger partial charge in [0.15, 0.2) is 5.16 Å². The molecule has 0 saturated carbocycles. The zero-order chi connectivity index (χ0) is 23.8. The second-order valence-electron chi connectivity index (χ2n) is 6.81. The predicted molar refractivity (Wildman–Crippen MR) is 121 cm³/mol. The normalized spacial score (nSPS) is 11.7. The lowest BCUT2D eigenvalue weighted by Crippen LogP contribution is -2.28. The largest absolute Gasteiger partial charge is 0.497 e. The fourth-order valence-electron chi connectivity index (χ4n) is 3.05. The van der Waals surface area contributed by atoms with Gasteiger partial charge < -0.3 is 19.5 Å². The van der Waals surface area contributed by atoms with Gasteiger partial charge in [-0.05, 0) is 55.5 Å². The number of benzene rings is 2. The van der Waals surface area contributed by atoms with Crippen LogP contribution in [0.1, 0.15) is 18.5 Å². The van der Waals surface area contributed by atoms with Crippen LogP contribution in [0, 0.1) is 0 Å². The lowest BCUT2D eigenvalue weighted by atomic mass is 10.1. The molecule has 3 aromatic rings. The molecule has 0 fully saturated rings. The van der Waals surface area contributed by atoms with E-state index in [9.17, 15) is 13.6 Å². The number of carbonyl (C=O) groups excluding carboxylic acids is 1. The van der Waals surface area contributed by atoms with Crippen LogP contribution in [0.25, 0.3) is 11.3 Å². The number of nitrogens with one attached hydrogen (secondary N) is 1. The van der Waals surface area contributed by atoms with Crippen molar-refractivity contribution in [1.29, 1.82) is 0 Å². The number of carbonyl (C=O) groups is 1. The van der Waals surface area contributed by atoms with Gasteiger partial charge in [-0.25, -0.2) is 9.97 Å². The Hall–Kier alpha value is -3.40. The summed E-state index contributed by atoms with van der Waals surface area (Å²) in [7, 11) is 3.14. The Bertz CT molecular complexity index is 1080. The molecule has 7 nitrogen and oxygen atoms in total. The Kier molecular flexibility index (Phi) is 8.42. The third-order valence-electron chi connectivity index (χ3n) is 4.62. The van der Waals surface area contributed by atoms with E-state index in [2.05, 4.69) is 20.0 Å². The second-order valence-corrected chi connectivity index (χ2v) is 7.76. The quantitative estimate of drug-likeness (QED) is 0.335. The lowest BCUT2D eigenvalue weighted by Gasteiger charge is -2.18. The van der Waals surface area contributed by atoms with Gasteiger partial charge in [0.05, 0.1) is 31.7 Å². The topological polar surface area (TPSA) is 82.6 Å². The maximum Gasteiger partial charge on any atom is 0.387 e. The van der Waals surface area contributed by atoms with Crippen LogP contribution >= 0.6 is 11.8 Å². The van der Waals surface area contributed by atoms with Crippen LogP contribution in [0.5, 0.6) is 17.2 Å². The SMILES string of the molecule is COc1ccc(OC)c([C@H](C)NC(=O)CSc2nccc(-c3ccc(OC(F)F)cc3)n2)c1. The minimum Gasteiger partial charge on any atom is -0.497 e. The summed E-state index contributed by atoms with van der Waals surface area (Å²) in [5, 5.41) is 3.35. The first-order valence-corrected chi connectivity index (χ1v) is 10.9. The van der Waals surface area contributed by atoms with Gasteiger partial charge >= 0.3 is 6.61 Å². The molecule has 0 aliphatic heterocycles. The van der Waals surface area contributed by atoms with E-state index < -0.39 is 6.61 Å². The van der Waals surface area contributed by atoms with E-state index >= 15 is 0 Å². The summed E-state index contributed by atoms with van der Waals surface area (Å²) >= 11 is 1.19. The molecule has 1 aromatic heterocycles. The van der Waals surface area contributed by atoms with E-state index in [1.807, 2.05) is 13.0 Å². The molecular weight excluding hydrogens is 452 g/mol. The van der Waals surface area contributed by atoms with Gasteiger partial charge in [0.25, 0.3) is 0 Å². The molecule has 1 atom stereocenters. The molecule has 0 bridgehead atoms. The van der Waals surface area contributed by atoms with Gasteiger partial charge in [0.1, 0.15) is 17.2 Å². The van der Waals surface area contributed by atoms with Gasteiger partial charge in [0, 0.05) is 17.3 Å². The molecular formula is C23H23F2N3O4S. The van der Waals surface area contributed by atoms with E-state index in [1.54, 1.807) is 50.7 Å². The fourth-order valence-corrected chi connectivity index (χ4v) is 3.69. The van der Waals surface area contributed by atoms with Gasteiger partial charge in [-0.2, -0.15) is 8.78 Å². The molecule has 1 N–H and O–H groups in total. The van der Waals surface area contributed by atoms with E-state index in [4.69, 9.17) is 9.47 Å². The number of hydrogen-bond acceptors (Lipinski definition) is 7. The molecule has 0 unspecified atom stereocenters. The molecule has 3 rings (SSSR count). The van der Waals surface area contributed by atoms with Crippen molar-refractivity contribution in [2.45, 2.75) is 24.7 Å². The van der Waals surface area contributed by atoms with Crippen molar-refractivity contribution >= 4 is 17.7 Å². The molecule has 0 spiro atoms. The van der Waals surface area contributed by atoms with Crippen LogP contribution in [0.15, 0.2) is 59.9 Å². The summed E-state index contributed by atoms with van der Waals surface area (Å²) in [5.74, 6) is 1.30. The van der Waals surface area contributed by atoms with Gasteiger partial charge in [0.2, 0.25) is 5.91 Å². The van der Waals surface area contributed by atoms with Crippen LogP contribution in [-0.4, -0.2) is 42.5 Å². The van der Waals surface area contributed by atoms with Crippen LogP contribution < -0.4 is 19.5 Å². The van der Waals surface area contributed by atoms with Crippen molar-refractivity contribution in [3.05, 3.63) is 60.3 Å². The van der Waals surface area contributed by atoms with Gasteiger partial charge in [-0.1, -0.05) is 11.8 Å². The number of ether oxygens (including phenoxy) is 3. The number of aromatic nitrogens is 2. The molecule has 2 aromatic carbocycles. The number of thioether (sulfide) groups is 1. The first-order chi connectivity index (χ1) is 15.9. The Balaban J connectivity index is 1.61. The second kappa shape index (κ2) is 11.5. The van der Waals surface area contributed by atoms with E-state index in [1.165, 1.54) is 23.9 Å². The zero-order valence-electron chi connectivity index (χ0n) is 18.2. The smallest absolute Gasteiger partial charge is 0.387 e. The third kappa shape index (κ3) is 6.79. The van der Waals surface area contributed by atoms with E-state index in [0.717, 1.165) is 5.56 Å². The summed E-state index contributed by atoms with van der Waals surface area (Å²) in [4.78, 5) is 21.1. The molecule has 174 valence electrons. The van der Waals surface area contributed by atoms with Crippen LogP contribution in [0.3, 0.4) is 0 Å². The molecule has 0 radical (unpaired) electrons. The first-order valence-electron chi connectivity index (χ1n) is 9.92. The van der Waals surface area contributed by atoms with Crippen molar-refractivity contribution in [1.82, 2.24) is 15.3 Å². The maximum absolute atomic E-state index is 12.5. The number of nitrogens with zero attached hydrogens (tertiary/aromatic N) is 2. The number of amides is 1. The Morgan fingerprint density at radius 2 is 1.79 bits per heavy atom. The number of hydrogen-bond donors (Lipinski definition) is 1. The summed E-state index contributed by atoms with van der Waals surface area (Å²) in [6.45, 7) is -1.02. The van der Waals surface area contributed by atoms with E-state index in [0.29, 0.717) is 27.9 Å². The maximum atomic E-state index is 12.5. The average Bonchev–Trinajstić information content (AvgIpc) is 2.82. The first kappa shape index (κ1) is 24.2. The molecule has 1 heterocycles. The monoisotopic (exact) mass is 475 g/mol. The summed E-state index contributed by atoms with van der Waals surface area (Å²) in [5.41, 5.74) is 2.11.